The Morgan fingerprint density at radius 2 is 1.81 bits per heavy atom. The molecule has 210 valence electrons. The van der Waals surface area contributed by atoms with Crippen LogP contribution in [-0.2, 0) is 13.1 Å². The fourth-order valence-electron chi connectivity index (χ4n) is 4.14. The van der Waals surface area contributed by atoms with Gasteiger partial charge in [0.15, 0.2) is 0 Å². The molecule has 42 heavy (non-hydrogen) atoms. The second-order valence-electron chi connectivity index (χ2n) is 9.71. The van der Waals surface area contributed by atoms with Crippen LogP contribution in [0.25, 0.3) is 10.9 Å². The number of benzene rings is 1. The first-order valence-corrected chi connectivity index (χ1v) is 13.4. The molecule has 0 aliphatic heterocycles. The van der Waals surface area contributed by atoms with Crippen LogP contribution < -0.4 is 16.2 Å². The summed E-state index contributed by atoms with van der Waals surface area (Å²) >= 11 is 5.83. The van der Waals surface area contributed by atoms with E-state index in [1.165, 1.54) is 16.2 Å². The highest BCUT2D eigenvalue weighted by molar-refractivity contribution is 6.29. The van der Waals surface area contributed by atoms with Gasteiger partial charge in [-0.05, 0) is 67.5 Å². The van der Waals surface area contributed by atoms with Gasteiger partial charge in [0.2, 0.25) is 5.95 Å². The summed E-state index contributed by atoms with van der Waals surface area (Å²) in [6.45, 7) is 1.18. The van der Waals surface area contributed by atoms with E-state index in [4.69, 9.17) is 11.6 Å². The van der Waals surface area contributed by atoms with Gasteiger partial charge in [-0.15, -0.1) is 0 Å². The summed E-state index contributed by atoms with van der Waals surface area (Å²) in [6, 6.07) is 16.5. The van der Waals surface area contributed by atoms with Gasteiger partial charge in [0.1, 0.15) is 16.4 Å². The number of carbonyl (C=O) groups excluding carboxylic acids is 1. The lowest BCUT2D eigenvalue weighted by Crippen LogP contribution is -2.33. The Labute approximate surface area is 247 Å². The molecule has 0 aliphatic rings. The van der Waals surface area contributed by atoms with E-state index in [0.29, 0.717) is 22.3 Å². The number of anilines is 2. The molecule has 0 saturated heterocycles. The Morgan fingerprint density at radius 3 is 2.57 bits per heavy atom. The minimum atomic E-state index is -0.509. The van der Waals surface area contributed by atoms with Crippen LogP contribution in [0.1, 0.15) is 27.2 Å². The SMILES string of the molecule is CN(C)Cc1ccc(Nc2ncc3cc(C#CCNC(=O)c4cccn(Cc5ccc(Cl)nc5)c4=O)ncc3n2)cc1. The van der Waals surface area contributed by atoms with Crippen LogP contribution in [0.15, 0.2) is 84.2 Å². The molecule has 1 aromatic carbocycles. The van der Waals surface area contributed by atoms with E-state index >= 15 is 0 Å². The van der Waals surface area contributed by atoms with Gasteiger partial charge in [0.05, 0.1) is 24.8 Å². The number of carbonyl (C=O) groups is 1. The van der Waals surface area contributed by atoms with Crippen LogP contribution in [0.4, 0.5) is 11.6 Å². The van der Waals surface area contributed by atoms with E-state index in [1.54, 1.807) is 49.1 Å². The number of hydrogen-bond acceptors (Lipinski definition) is 8. The smallest absolute Gasteiger partial charge is 0.263 e. The molecule has 4 aromatic heterocycles. The molecule has 0 aliphatic carbocycles. The highest BCUT2D eigenvalue weighted by Crippen LogP contribution is 2.17. The fraction of sp³-hybridized carbons (Fsp3) is 0.161. The number of pyridine rings is 3. The maximum absolute atomic E-state index is 12.8. The molecule has 5 rings (SSSR count). The molecule has 0 saturated carbocycles. The summed E-state index contributed by atoms with van der Waals surface area (Å²) in [5, 5.41) is 7.04. The van der Waals surface area contributed by atoms with Crippen molar-refractivity contribution in [3.8, 4) is 11.8 Å². The zero-order chi connectivity index (χ0) is 29.5. The third kappa shape index (κ3) is 7.34. The highest BCUT2D eigenvalue weighted by Gasteiger charge is 2.12. The van der Waals surface area contributed by atoms with Crippen LogP contribution in [0.5, 0.6) is 0 Å². The number of hydrogen-bond donors (Lipinski definition) is 2. The van der Waals surface area contributed by atoms with E-state index in [1.807, 2.05) is 26.2 Å². The predicted octanol–water partition coefficient (Wildman–Crippen LogP) is 3.87. The number of halogens is 1. The monoisotopic (exact) mass is 578 g/mol. The number of aromatic nitrogens is 5. The molecular weight excluding hydrogens is 552 g/mol. The molecule has 0 fully saturated rings. The Balaban J connectivity index is 1.19. The number of rotatable bonds is 8. The second kappa shape index (κ2) is 13.0. The van der Waals surface area contributed by atoms with Crippen LogP contribution in [0.2, 0.25) is 5.15 Å². The molecule has 10 nitrogen and oxygen atoms in total. The first-order chi connectivity index (χ1) is 20.3. The fourth-order valence-corrected chi connectivity index (χ4v) is 4.25. The Hall–Kier alpha value is -5.11. The third-order valence-corrected chi connectivity index (χ3v) is 6.36. The zero-order valence-electron chi connectivity index (χ0n) is 23.0. The minimum absolute atomic E-state index is 0.0242. The van der Waals surface area contributed by atoms with Gasteiger partial charge in [-0.1, -0.05) is 35.7 Å². The molecule has 0 radical (unpaired) electrons. The van der Waals surface area contributed by atoms with Crippen molar-refractivity contribution in [3.63, 3.8) is 0 Å². The zero-order valence-corrected chi connectivity index (χ0v) is 23.8. The van der Waals surface area contributed by atoms with E-state index in [0.717, 1.165) is 23.2 Å². The van der Waals surface area contributed by atoms with Crippen LogP contribution in [0.3, 0.4) is 0 Å². The van der Waals surface area contributed by atoms with Crippen molar-refractivity contribution in [1.29, 1.82) is 0 Å². The number of nitrogens with zero attached hydrogens (tertiary/aromatic N) is 6. The number of fused-ring (bicyclic) bond motifs is 1. The van der Waals surface area contributed by atoms with E-state index in [9.17, 15) is 9.59 Å². The minimum Gasteiger partial charge on any atom is -0.341 e. The first-order valence-electron chi connectivity index (χ1n) is 13.0. The molecule has 4 heterocycles. The summed E-state index contributed by atoms with van der Waals surface area (Å²) in [5.74, 6) is 5.76. The summed E-state index contributed by atoms with van der Waals surface area (Å²) < 4.78 is 1.44. The molecule has 5 aromatic rings. The molecule has 0 unspecified atom stereocenters. The van der Waals surface area contributed by atoms with Crippen LogP contribution in [0, 0.1) is 11.8 Å². The molecule has 2 N–H and O–H groups in total. The van der Waals surface area contributed by atoms with Crippen molar-refractivity contribution in [2.45, 2.75) is 13.1 Å². The van der Waals surface area contributed by atoms with Crippen molar-refractivity contribution in [2.75, 3.05) is 26.0 Å². The van der Waals surface area contributed by atoms with E-state index in [2.05, 4.69) is 59.4 Å². The van der Waals surface area contributed by atoms with Gasteiger partial charge in [0.25, 0.3) is 11.5 Å². The average Bonchev–Trinajstić information content (AvgIpc) is 2.98. The summed E-state index contributed by atoms with van der Waals surface area (Å²) in [6.07, 6.45) is 6.55. The Bertz CT molecular complexity index is 1840. The third-order valence-electron chi connectivity index (χ3n) is 6.14. The lowest BCUT2D eigenvalue weighted by molar-refractivity contribution is 0.0956. The molecule has 1 amide bonds. The van der Waals surface area contributed by atoms with E-state index < -0.39 is 11.5 Å². The topological polar surface area (TPSA) is 118 Å². The van der Waals surface area contributed by atoms with Crippen molar-refractivity contribution >= 4 is 40.0 Å². The summed E-state index contributed by atoms with van der Waals surface area (Å²) in [7, 11) is 4.07. The maximum Gasteiger partial charge on any atom is 0.263 e. The predicted molar refractivity (Wildman–Crippen MR) is 163 cm³/mol. The summed E-state index contributed by atoms with van der Waals surface area (Å²) in [4.78, 5) is 44.9. The molecule has 0 atom stereocenters. The number of amides is 1. The molecule has 0 bridgehead atoms. The van der Waals surface area contributed by atoms with Crippen molar-refractivity contribution < 1.29 is 4.79 Å². The van der Waals surface area contributed by atoms with Crippen molar-refractivity contribution in [3.05, 3.63) is 117 Å². The summed E-state index contributed by atoms with van der Waals surface area (Å²) in [5.41, 5.74) is 3.69. The number of nitrogens with one attached hydrogen (secondary N) is 2. The standard InChI is InChI=1S/C31H27ClN8O2/c1-39(2)19-21-7-10-24(11-8-21)37-31-36-17-23-15-25(34-18-27(23)38-31)5-3-13-33-29(41)26-6-4-14-40(30(26)42)20-22-9-12-28(32)35-16-22/h4,6-12,14-18H,13,19-20H2,1-2H3,(H,33,41)(H,36,37,38). The quantitative estimate of drug-likeness (QED) is 0.210. The molecule has 0 spiro atoms. The average molecular weight is 579 g/mol. The van der Waals surface area contributed by atoms with Gasteiger partial charge >= 0.3 is 0 Å². The first kappa shape index (κ1) is 28.4. The van der Waals surface area contributed by atoms with Gasteiger partial charge < -0.3 is 20.1 Å². The van der Waals surface area contributed by atoms with Gasteiger partial charge in [-0.2, -0.15) is 0 Å². The molecule has 11 heteroatoms. The van der Waals surface area contributed by atoms with Crippen LogP contribution >= 0.6 is 11.6 Å². The molecular formula is C31H27ClN8O2. The van der Waals surface area contributed by atoms with Gasteiger partial charge in [0, 0.05) is 36.2 Å². The largest absolute Gasteiger partial charge is 0.341 e. The van der Waals surface area contributed by atoms with Gasteiger partial charge in [-0.3, -0.25) is 9.59 Å². The normalized spacial score (nSPS) is 10.8. The second-order valence-corrected chi connectivity index (χ2v) is 10.1. The highest BCUT2D eigenvalue weighted by atomic mass is 35.5. The maximum atomic E-state index is 12.8. The van der Waals surface area contributed by atoms with Crippen molar-refractivity contribution in [2.24, 2.45) is 0 Å². The van der Waals surface area contributed by atoms with Gasteiger partial charge in [-0.25, -0.2) is 19.9 Å². The van der Waals surface area contributed by atoms with Crippen molar-refractivity contribution in [1.82, 2.24) is 34.7 Å². The lowest BCUT2D eigenvalue weighted by Gasteiger charge is -2.10. The van der Waals surface area contributed by atoms with Crippen LogP contribution in [-0.4, -0.2) is 56.0 Å². The Kier molecular flexibility index (Phi) is 8.82. The Morgan fingerprint density at radius 1 is 1.00 bits per heavy atom. The lowest BCUT2D eigenvalue weighted by atomic mass is 10.2. The van der Waals surface area contributed by atoms with E-state index in [-0.39, 0.29) is 18.7 Å².